The number of aromatic nitrogens is 3. The van der Waals surface area contributed by atoms with Crippen LogP contribution in [0, 0.1) is 0 Å². The van der Waals surface area contributed by atoms with E-state index in [4.69, 9.17) is 4.98 Å². The third-order valence-electron chi connectivity index (χ3n) is 4.79. The second-order valence-corrected chi connectivity index (χ2v) is 7.76. The molecule has 2 aromatic carbocycles. The van der Waals surface area contributed by atoms with Crippen molar-refractivity contribution in [3.05, 3.63) is 83.4 Å². The quantitative estimate of drug-likeness (QED) is 0.401. The van der Waals surface area contributed by atoms with Crippen LogP contribution in [0.2, 0.25) is 0 Å². The van der Waals surface area contributed by atoms with Gasteiger partial charge in [0.05, 0.1) is 23.1 Å². The molecule has 4 aromatic rings. The Bertz CT molecular complexity index is 1110. The van der Waals surface area contributed by atoms with Gasteiger partial charge in [-0.1, -0.05) is 46.3 Å². The number of aryl methyl sites for hydroxylation is 1. The van der Waals surface area contributed by atoms with E-state index in [1.165, 1.54) is 0 Å². The lowest BCUT2D eigenvalue weighted by Crippen LogP contribution is -2.25. The number of fused-ring (bicyclic) bond motifs is 1. The third kappa shape index (κ3) is 4.71. The molecular formula is C23H21BrN4O. The van der Waals surface area contributed by atoms with Gasteiger partial charge in [-0.2, -0.15) is 0 Å². The lowest BCUT2D eigenvalue weighted by atomic mass is 10.0. The minimum absolute atomic E-state index is 0.0652. The van der Waals surface area contributed by atoms with Crippen molar-refractivity contribution in [3.63, 3.8) is 0 Å². The molecule has 146 valence electrons. The van der Waals surface area contributed by atoms with Crippen molar-refractivity contribution in [2.45, 2.75) is 19.4 Å². The molecule has 2 heterocycles. The minimum atomic E-state index is -0.0652. The molecule has 0 atom stereocenters. The van der Waals surface area contributed by atoms with Gasteiger partial charge in [-0.15, -0.1) is 0 Å². The van der Waals surface area contributed by atoms with Gasteiger partial charge in [0.25, 0.3) is 5.91 Å². The number of imidazole rings is 1. The minimum Gasteiger partial charge on any atom is -0.352 e. The summed E-state index contributed by atoms with van der Waals surface area (Å²) in [6.07, 6.45) is 7.43. The van der Waals surface area contributed by atoms with Crippen LogP contribution in [-0.2, 0) is 6.54 Å². The number of unbranched alkanes of at least 4 members (excludes halogenated alkanes) is 1. The highest BCUT2D eigenvalue weighted by atomic mass is 79.9. The number of carbonyl (C=O) groups excluding carboxylic acids is 1. The molecule has 0 aliphatic rings. The molecule has 0 aliphatic heterocycles. The molecule has 2 aromatic heterocycles. The molecule has 4 rings (SSSR count). The standard InChI is InChI=1S/C23H21BrN4O/c24-18-9-7-17(8-10-18)22-15-20(19-5-1-2-6-21(19)27-22)23(29)26-11-3-4-13-28-14-12-25-16-28/h1-2,5-10,12,14-16H,3-4,11,13H2,(H,26,29). The van der Waals surface area contributed by atoms with Gasteiger partial charge in [0.15, 0.2) is 0 Å². The number of para-hydroxylation sites is 1. The molecule has 0 bridgehead atoms. The molecule has 29 heavy (non-hydrogen) atoms. The van der Waals surface area contributed by atoms with Gasteiger partial charge < -0.3 is 9.88 Å². The first-order valence-corrected chi connectivity index (χ1v) is 10.4. The highest BCUT2D eigenvalue weighted by Gasteiger charge is 2.13. The monoisotopic (exact) mass is 448 g/mol. The topological polar surface area (TPSA) is 59.8 Å². The Balaban J connectivity index is 1.50. The van der Waals surface area contributed by atoms with Gasteiger partial charge in [0.2, 0.25) is 0 Å². The summed E-state index contributed by atoms with van der Waals surface area (Å²) in [7, 11) is 0. The van der Waals surface area contributed by atoms with Crippen molar-refractivity contribution < 1.29 is 4.79 Å². The van der Waals surface area contributed by atoms with Gasteiger partial charge in [-0.25, -0.2) is 9.97 Å². The van der Waals surface area contributed by atoms with Crippen molar-refractivity contribution in [2.24, 2.45) is 0 Å². The van der Waals surface area contributed by atoms with Gasteiger partial charge in [-0.3, -0.25) is 4.79 Å². The molecule has 6 heteroatoms. The van der Waals surface area contributed by atoms with E-state index < -0.39 is 0 Å². The Kier molecular flexibility index (Phi) is 6.00. The van der Waals surface area contributed by atoms with Crippen LogP contribution in [0.25, 0.3) is 22.2 Å². The zero-order chi connectivity index (χ0) is 20.1. The smallest absolute Gasteiger partial charge is 0.252 e. The molecule has 1 amide bonds. The Morgan fingerprint density at radius 2 is 1.90 bits per heavy atom. The summed E-state index contributed by atoms with van der Waals surface area (Å²) in [5, 5.41) is 3.92. The average molecular weight is 449 g/mol. The molecule has 0 spiro atoms. The summed E-state index contributed by atoms with van der Waals surface area (Å²) in [5.41, 5.74) is 3.25. The maximum Gasteiger partial charge on any atom is 0.252 e. The predicted octanol–water partition coefficient (Wildman–Crippen LogP) is 5.07. The Morgan fingerprint density at radius 3 is 2.69 bits per heavy atom. The highest BCUT2D eigenvalue weighted by Crippen LogP contribution is 2.26. The predicted molar refractivity (Wildman–Crippen MR) is 119 cm³/mol. The average Bonchev–Trinajstić information content (AvgIpc) is 3.26. The lowest BCUT2D eigenvalue weighted by molar-refractivity contribution is 0.0954. The Labute approximate surface area is 177 Å². The fourth-order valence-electron chi connectivity index (χ4n) is 3.27. The number of pyridine rings is 1. The first-order chi connectivity index (χ1) is 14.2. The molecule has 0 fully saturated rings. The van der Waals surface area contributed by atoms with Crippen LogP contribution in [0.15, 0.2) is 77.8 Å². The number of rotatable bonds is 7. The van der Waals surface area contributed by atoms with Gasteiger partial charge in [0, 0.05) is 40.9 Å². The van der Waals surface area contributed by atoms with E-state index in [2.05, 4.69) is 26.2 Å². The van der Waals surface area contributed by atoms with Gasteiger partial charge in [0.1, 0.15) is 0 Å². The normalized spacial score (nSPS) is 10.9. The van der Waals surface area contributed by atoms with Crippen LogP contribution in [0.3, 0.4) is 0 Å². The third-order valence-corrected chi connectivity index (χ3v) is 5.32. The molecular weight excluding hydrogens is 428 g/mol. The molecule has 1 N–H and O–H groups in total. The summed E-state index contributed by atoms with van der Waals surface area (Å²) in [4.78, 5) is 21.7. The van der Waals surface area contributed by atoms with E-state index in [0.717, 1.165) is 46.0 Å². The van der Waals surface area contributed by atoms with Crippen molar-refractivity contribution >= 4 is 32.7 Å². The summed E-state index contributed by atoms with van der Waals surface area (Å²) in [6, 6.07) is 17.6. The van der Waals surface area contributed by atoms with Crippen molar-refractivity contribution in [1.29, 1.82) is 0 Å². The maximum atomic E-state index is 12.9. The second kappa shape index (κ2) is 9.01. The highest BCUT2D eigenvalue weighted by molar-refractivity contribution is 9.10. The first-order valence-electron chi connectivity index (χ1n) is 9.60. The zero-order valence-electron chi connectivity index (χ0n) is 15.9. The van der Waals surface area contributed by atoms with E-state index in [1.54, 1.807) is 6.20 Å². The molecule has 0 saturated carbocycles. The number of amides is 1. The summed E-state index contributed by atoms with van der Waals surface area (Å²) in [5.74, 6) is -0.0652. The number of hydrogen-bond donors (Lipinski definition) is 1. The number of carbonyl (C=O) groups is 1. The Morgan fingerprint density at radius 1 is 1.07 bits per heavy atom. The number of hydrogen-bond acceptors (Lipinski definition) is 3. The van der Waals surface area contributed by atoms with E-state index in [9.17, 15) is 4.79 Å². The van der Waals surface area contributed by atoms with Crippen molar-refractivity contribution in [1.82, 2.24) is 19.9 Å². The van der Waals surface area contributed by atoms with Crippen LogP contribution < -0.4 is 5.32 Å². The molecule has 5 nitrogen and oxygen atoms in total. The van der Waals surface area contributed by atoms with Crippen LogP contribution >= 0.6 is 15.9 Å². The first kappa shape index (κ1) is 19.3. The van der Waals surface area contributed by atoms with E-state index in [1.807, 2.05) is 71.7 Å². The fraction of sp³-hybridized carbons (Fsp3) is 0.174. The molecule has 0 aliphatic carbocycles. The van der Waals surface area contributed by atoms with Crippen molar-refractivity contribution in [3.8, 4) is 11.3 Å². The summed E-state index contributed by atoms with van der Waals surface area (Å²) >= 11 is 3.46. The summed E-state index contributed by atoms with van der Waals surface area (Å²) < 4.78 is 3.05. The fourth-order valence-corrected chi connectivity index (χ4v) is 3.53. The van der Waals surface area contributed by atoms with E-state index in [0.29, 0.717) is 12.1 Å². The summed E-state index contributed by atoms with van der Waals surface area (Å²) in [6.45, 7) is 1.54. The second-order valence-electron chi connectivity index (χ2n) is 6.84. The largest absolute Gasteiger partial charge is 0.352 e. The number of nitrogens with zero attached hydrogens (tertiary/aromatic N) is 3. The van der Waals surface area contributed by atoms with Crippen molar-refractivity contribution in [2.75, 3.05) is 6.54 Å². The van der Waals surface area contributed by atoms with Crippen LogP contribution in [0.4, 0.5) is 0 Å². The van der Waals surface area contributed by atoms with E-state index >= 15 is 0 Å². The molecule has 0 unspecified atom stereocenters. The lowest BCUT2D eigenvalue weighted by Gasteiger charge is -2.11. The Hall–Kier alpha value is -2.99. The number of benzene rings is 2. The molecule has 0 radical (unpaired) electrons. The number of nitrogens with one attached hydrogen (secondary N) is 1. The SMILES string of the molecule is O=C(NCCCCn1ccnc1)c1cc(-c2ccc(Br)cc2)nc2ccccc12. The van der Waals surface area contributed by atoms with Crippen LogP contribution in [0.1, 0.15) is 23.2 Å². The van der Waals surface area contributed by atoms with E-state index in [-0.39, 0.29) is 5.91 Å². The number of halogens is 1. The van der Waals surface area contributed by atoms with Crippen LogP contribution in [0.5, 0.6) is 0 Å². The maximum absolute atomic E-state index is 12.9. The van der Waals surface area contributed by atoms with Gasteiger partial charge >= 0.3 is 0 Å². The zero-order valence-corrected chi connectivity index (χ0v) is 17.5. The molecule has 0 saturated heterocycles. The van der Waals surface area contributed by atoms with Gasteiger partial charge in [-0.05, 0) is 37.1 Å². The van der Waals surface area contributed by atoms with Crippen LogP contribution in [-0.4, -0.2) is 27.0 Å².